The number of halogens is 2. The fraction of sp³-hybridized carbons (Fsp3) is 0.474. The lowest BCUT2D eigenvalue weighted by Crippen LogP contribution is -2.20. The number of nitrogens with zero attached hydrogens (tertiary/aromatic N) is 2. The van der Waals surface area contributed by atoms with Crippen LogP contribution in [-0.4, -0.2) is 28.3 Å². The van der Waals surface area contributed by atoms with E-state index in [9.17, 15) is 4.79 Å². The summed E-state index contributed by atoms with van der Waals surface area (Å²) in [4.78, 5) is 12.2. The number of nitrogens with one attached hydrogen (secondary N) is 2. The van der Waals surface area contributed by atoms with Crippen LogP contribution in [0.4, 0.5) is 5.69 Å². The molecule has 1 aromatic carbocycles. The predicted octanol–water partition coefficient (Wildman–Crippen LogP) is 3.68. The van der Waals surface area contributed by atoms with E-state index in [1.165, 1.54) is 31.4 Å². The van der Waals surface area contributed by atoms with E-state index in [0.29, 0.717) is 17.7 Å². The number of anilines is 1. The van der Waals surface area contributed by atoms with E-state index < -0.39 is 0 Å². The van der Waals surface area contributed by atoms with E-state index in [1.54, 1.807) is 10.7 Å². The van der Waals surface area contributed by atoms with E-state index in [4.69, 9.17) is 0 Å². The summed E-state index contributed by atoms with van der Waals surface area (Å²) in [7, 11) is 1.84. The van der Waals surface area contributed by atoms with Gasteiger partial charge in [0.05, 0.1) is 0 Å². The highest BCUT2D eigenvalue weighted by atomic mass is 35.5. The smallest absolute Gasteiger partial charge is 0.276 e. The Morgan fingerprint density at radius 3 is 2.50 bits per heavy atom. The molecule has 1 heterocycles. The summed E-state index contributed by atoms with van der Waals surface area (Å²) in [5, 5.41) is 10.8. The lowest BCUT2D eigenvalue weighted by Gasteiger charge is -2.06. The zero-order valence-electron chi connectivity index (χ0n) is 15.1. The van der Waals surface area contributed by atoms with Crippen molar-refractivity contribution in [3.63, 3.8) is 0 Å². The van der Waals surface area contributed by atoms with Crippen molar-refractivity contribution in [2.45, 2.75) is 38.1 Å². The topological polar surface area (TPSA) is 59.0 Å². The molecule has 2 aromatic rings. The number of rotatable bonds is 6. The first-order chi connectivity index (χ1) is 11.6. The van der Waals surface area contributed by atoms with Crippen LogP contribution in [0.15, 0.2) is 30.3 Å². The van der Waals surface area contributed by atoms with Crippen LogP contribution in [-0.2, 0) is 7.05 Å². The van der Waals surface area contributed by atoms with Gasteiger partial charge < -0.3 is 10.6 Å². The minimum Gasteiger partial charge on any atom is -0.321 e. The molecule has 5 nitrogen and oxygen atoms in total. The fourth-order valence-electron chi connectivity index (χ4n) is 3.11. The molecule has 0 bridgehead atoms. The molecule has 2 N–H and O–H groups in total. The van der Waals surface area contributed by atoms with Crippen LogP contribution in [0.2, 0.25) is 0 Å². The third-order valence-corrected chi connectivity index (χ3v) is 5.10. The SMILES string of the molecule is Cc1cc(C(=O)Nc2ccc(C3CC3NCC3CC3)cc2)nn1C.Cl.Cl. The first-order valence-corrected chi connectivity index (χ1v) is 8.75. The Labute approximate surface area is 166 Å². The van der Waals surface area contributed by atoms with Gasteiger partial charge in [-0.3, -0.25) is 9.48 Å². The molecule has 4 rings (SSSR count). The second-order valence-corrected chi connectivity index (χ2v) is 7.17. The molecule has 2 fully saturated rings. The average Bonchev–Trinajstić information content (AvgIpc) is 3.47. The first kappa shape index (κ1) is 20.7. The van der Waals surface area contributed by atoms with E-state index in [2.05, 4.69) is 27.9 Å². The summed E-state index contributed by atoms with van der Waals surface area (Å²) in [6.07, 6.45) is 4.02. The molecular weight excluding hydrogens is 371 g/mol. The lowest BCUT2D eigenvalue weighted by atomic mass is 10.1. The highest BCUT2D eigenvalue weighted by molar-refractivity contribution is 6.02. The molecule has 2 aliphatic carbocycles. The van der Waals surface area contributed by atoms with Gasteiger partial charge in [0, 0.05) is 30.4 Å². The van der Waals surface area contributed by atoms with E-state index in [0.717, 1.165) is 17.3 Å². The van der Waals surface area contributed by atoms with Crippen LogP contribution in [0.3, 0.4) is 0 Å². The van der Waals surface area contributed by atoms with Crippen LogP contribution >= 0.6 is 24.8 Å². The van der Waals surface area contributed by atoms with Crippen molar-refractivity contribution in [2.24, 2.45) is 13.0 Å². The number of carbonyl (C=O) groups excluding carboxylic acids is 1. The molecule has 26 heavy (non-hydrogen) atoms. The number of aromatic nitrogens is 2. The van der Waals surface area contributed by atoms with Crippen molar-refractivity contribution in [1.82, 2.24) is 15.1 Å². The van der Waals surface area contributed by atoms with Crippen LogP contribution in [0.1, 0.15) is 46.9 Å². The Kier molecular flexibility index (Phi) is 6.72. The molecule has 0 radical (unpaired) electrons. The zero-order valence-corrected chi connectivity index (χ0v) is 16.7. The molecule has 2 atom stereocenters. The zero-order chi connectivity index (χ0) is 16.7. The Balaban J connectivity index is 0.00000121. The van der Waals surface area contributed by atoms with Crippen molar-refractivity contribution in [2.75, 3.05) is 11.9 Å². The van der Waals surface area contributed by atoms with Crippen molar-refractivity contribution in [3.8, 4) is 0 Å². The van der Waals surface area contributed by atoms with Crippen molar-refractivity contribution in [1.29, 1.82) is 0 Å². The third kappa shape index (κ3) is 4.78. The van der Waals surface area contributed by atoms with Crippen molar-refractivity contribution < 1.29 is 4.79 Å². The number of amides is 1. The summed E-state index contributed by atoms with van der Waals surface area (Å²) in [5.74, 6) is 1.40. The molecular formula is C19H26Cl2N4O. The largest absolute Gasteiger partial charge is 0.321 e. The van der Waals surface area contributed by atoms with Crippen LogP contribution in [0, 0.1) is 12.8 Å². The maximum Gasteiger partial charge on any atom is 0.276 e. The molecule has 142 valence electrons. The number of hydrogen-bond acceptors (Lipinski definition) is 3. The molecule has 2 unspecified atom stereocenters. The number of benzene rings is 1. The number of carbonyl (C=O) groups is 1. The minimum atomic E-state index is -0.165. The van der Waals surface area contributed by atoms with Gasteiger partial charge in [0.25, 0.3) is 5.91 Å². The standard InChI is InChI=1S/C19H24N4O.2ClH/c1-12-9-18(22-23(12)2)19(24)21-15-7-5-14(6-8-15)16-10-17(16)20-11-13-3-4-13;;/h5-9,13,16-17,20H,3-4,10-11H2,1-2H3,(H,21,24);2*1H. The average molecular weight is 397 g/mol. The molecule has 7 heteroatoms. The van der Waals surface area contributed by atoms with Gasteiger partial charge in [-0.05, 0) is 62.4 Å². The second kappa shape index (κ2) is 8.42. The van der Waals surface area contributed by atoms with Crippen LogP contribution in [0.5, 0.6) is 0 Å². The molecule has 2 aliphatic rings. The molecule has 0 aliphatic heterocycles. The summed E-state index contributed by atoms with van der Waals surface area (Å²) in [5.41, 5.74) is 3.59. The van der Waals surface area contributed by atoms with Gasteiger partial charge in [-0.2, -0.15) is 5.10 Å². The number of aryl methyl sites for hydroxylation is 2. The van der Waals surface area contributed by atoms with Crippen LogP contribution < -0.4 is 10.6 Å². The van der Waals surface area contributed by atoms with Crippen LogP contribution in [0.25, 0.3) is 0 Å². The van der Waals surface area contributed by atoms with Gasteiger partial charge in [0.1, 0.15) is 0 Å². The Bertz CT molecular complexity index is 736. The maximum absolute atomic E-state index is 12.2. The van der Waals surface area contributed by atoms with Gasteiger partial charge >= 0.3 is 0 Å². The molecule has 0 saturated heterocycles. The van der Waals surface area contributed by atoms with E-state index >= 15 is 0 Å². The summed E-state index contributed by atoms with van der Waals surface area (Å²) >= 11 is 0. The van der Waals surface area contributed by atoms with Gasteiger partial charge in [-0.15, -0.1) is 24.8 Å². The fourth-order valence-corrected chi connectivity index (χ4v) is 3.11. The quantitative estimate of drug-likeness (QED) is 0.782. The summed E-state index contributed by atoms with van der Waals surface area (Å²) in [6.45, 7) is 3.11. The van der Waals surface area contributed by atoms with Gasteiger partial charge in [-0.25, -0.2) is 0 Å². The monoisotopic (exact) mass is 396 g/mol. The van der Waals surface area contributed by atoms with Crippen molar-refractivity contribution >= 4 is 36.4 Å². The highest BCUT2D eigenvalue weighted by Gasteiger charge is 2.38. The Morgan fingerprint density at radius 1 is 1.23 bits per heavy atom. The summed E-state index contributed by atoms with van der Waals surface area (Å²) in [6, 6.07) is 10.7. The molecule has 1 amide bonds. The third-order valence-electron chi connectivity index (χ3n) is 5.10. The first-order valence-electron chi connectivity index (χ1n) is 8.75. The minimum absolute atomic E-state index is 0. The normalized spacial score (nSPS) is 20.7. The molecule has 2 saturated carbocycles. The van der Waals surface area contributed by atoms with Gasteiger partial charge in [-0.1, -0.05) is 12.1 Å². The summed E-state index contributed by atoms with van der Waals surface area (Å²) < 4.78 is 1.71. The lowest BCUT2D eigenvalue weighted by molar-refractivity contribution is 0.102. The maximum atomic E-state index is 12.2. The molecule has 0 spiro atoms. The second-order valence-electron chi connectivity index (χ2n) is 7.17. The Morgan fingerprint density at radius 2 is 1.92 bits per heavy atom. The van der Waals surface area contributed by atoms with E-state index in [-0.39, 0.29) is 30.7 Å². The van der Waals surface area contributed by atoms with Gasteiger partial charge in [0.2, 0.25) is 0 Å². The highest BCUT2D eigenvalue weighted by Crippen LogP contribution is 2.41. The predicted molar refractivity (Wildman–Crippen MR) is 109 cm³/mol. The number of hydrogen-bond donors (Lipinski definition) is 2. The van der Waals surface area contributed by atoms with Gasteiger partial charge in [0.15, 0.2) is 5.69 Å². The van der Waals surface area contributed by atoms with E-state index in [1.807, 2.05) is 26.1 Å². The van der Waals surface area contributed by atoms with Crippen molar-refractivity contribution in [3.05, 3.63) is 47.3 Å². The Hall–Kier alpha value is -1.56. The molecule has 1 aromatic heterocycles.